The highest BCUT2D eigenvalue weighted by Gasteiger charge is 2.23. The Morgan fingerprint density at radius 3 is 2.92 bits per heavy atom. The number of benzene rings is 1. The molecular formula is C20H25N3O3. The zero-order chi connectivity index (χ0) is 18.7. The lowest BCUT2D eigenvalue weighted by molar-refractivity contribution is 0.0899. The van der Waals surface area contributed by atoms with Crippen LogP contribution in [0.2, 0.25) is 0 Å². The molecular weight excluding hydrogens is 330 g/mol. The summed E-state index contributed by atoms with van der Waals surface area (Å²) < 4.78 is 1.78. The molecule has 138 valence electrons. The van der Waals surface area contributed by atoms with Crippen LogP contribution in [-0.2, 0) is 13.6 Å². The van der Waals surface area contributed by atoms with Gasteiger partial charge in [-0.1, -0.05) is 12.1 Å². The van der Waals surface area contributed by atoms with Crippen molar-refractivity contribution < 1.29 is 9.90 Å². The molecule has 6 nitrogen and oxygen atoms in total. The van der Waals surface area contributed by atoms with Crippen LogP contribution in [0.25, 0.3) is 0 Å². The number of aromatic hydroxyl groups is 1. The molecule has 1 amide bonds. The standard InChI is InChI=1S/C20H25N3O3/c1-14-9-19(25)18(13-22(14)2)20(26)21-16-6-4-8-23(12-16)11-15-5-3-7-17(24)10-15/h3,5,7,9-10,13,16,24H,4,6,8,11-12H2,1-2H3,(H,21,26)/t16-/m0/s1. The van der Waals surface area contributed by atoms with Crippen molar-refractivity contribution in [3.63, 3.8) is 0 Å². The second-order valence-electron chi connectivity index (χ2n) is 7.02. The molecule has 2 heterocycles. The van der Waals surface area contributed by atoms with Gasteiger partial charge < -0.3 is 15.0 Å². The Kier molecular flexibility index (Phi) is 5.42. The predicted molar refractivity (Wildman–Crippen MR) is 100 cm³/mol. The minimum absolute atomic E-state index is 0.0135. The fourth-order valence-electron chi connectivity index (χ4n) is 3.39. The molecule has 2 aromatic rings. The van der Waals surface area contributed by atoms with Gasteiger partial charge in [-0.25, -0.2) is 0 Å². The van der Waals surface area contributed by atoms with Gasteiger partial charge in [0.25, 0.3) is 5.91 Å². The number of hydrogen-bond donors (Lipinski definition) is 2. The lowest BCUT2D eigenvalue weighted by atomic mass is 10.0. The second kappa shape index (κ2) is 7.74. The molecule has 1 aromatic heterocycles. The van der Waals surface area contributed by atoms with E-state index in [2.05, 4.69) is 10.2 Å². The smallest absolute Gasteiger partial charge is 0.257 e. The van der Waals surface area contributed by atoms with Crippen LogP contribution < -0.4 is 10.7 Å². The summed E-state index contributed by atoms with van der Waals surface area (Å²) in [5.74, 6) is -0.0469. The Morgan fingerprint density at radius 2 is 2.15 bits per heavy atom. The first kappa shape index (κ1) is 18.2. The SMILES string of the molecule is Cc1cc(=O)c(C(=O)N[C@H]2CCCN(Cc3cccc(O)c3)C2)cn1C. The van der Waals surface area contributed by atoms with Gasteiger partial charge in [0.05, 0.1) is 0 Å². The van der Waals surface area contributed by atoms with E-state index in [0.29, 0.717) is 0 Å². The molecule has 1 aromatic carbocycles. The van der Waals surface area contributed by atoms with Crippen LogP contribution in [0.15, 0.2) is 41.3 Å². The normalized spacial score (nSPS) is 17.8. The summed E-state index contributed by atoms with van der Waals surface area (Å²) in [6.07, 6.45) is 3.48. The van der Waals surface area contributed by atoms with Gasteiger partial charge in [-0.3, -0.25) is 14.5 Å². The molecule has 0 unspecified atom stereocenters. The van der Waals surface area contributed by atoms with Crippen molar-refractivity contribution in [2.24, 2.45) is 7.05 Å². The molecule has 0 radical (unpaired) electrons. The maximum Gasteiger partial charge on any atom is 0.257 e. The number of aromatic nitrogens is 1. The van der Waals surface area contributed by atoms with Crippen molar-refractivity contribution in [2.45, 2.75) is 32.4 Å². The first-order chi connectivity index (χ1) is 12.4. The monoisotopic (exact) mass is 355 g/mol. The van der Waals surface area contributed by atoms with Crippen LogP contribution in [-0.4, -0.2) is 39.6 Å². The zero-order valence-electron chi connectivity index (χ0n) is 15.2. The van der Waals surface area contributed by atoms with Crippen LogP contribution in [0.1, 0.15) is 34.5 Å². The largest absolute Gasteiger partial charge is 0.508 e. The van der Waals surface area contributed by atoms with Gasteiger partial charge in [-0.2, -0.15) is 0 Å². The van der Waals surface area contributed by atoms with Gasteiger partial charge in [0.15, 0.2) is 5.43 Å². The van der Waals surface area contributed by atoms with E-state index in [9.17, 15) is 14.7 Å². The van der Waals surface area contributed by atoms with E-state index in [1.54, 1.807) is 22.9 Å². The fourth-order valence-corrected chi connectivity index (χ4v) is 3.39. The minimum Gasteiger partial charge on any atom is -0.508 e. The number of rotatable bonds is 4. The number of likely N-dealkylation sites (tertiary alicyclic amines) is 1. The number of nitrogens with zero attached hydrogens (tertiary/aromatic N) is 2. The number of hydrogen-bond acceptors (Lipinski definition) is 4. The summed E-state index contributed by atoms with van der Waals surface area (Å²) in [4.78, 5) is 26.9. The molecule has 3 rings (SSSR count). The molecule has 0 bridgehead atoms. The van der Waals surface area contributed by atoms with E-state index in [4.69, 9.17) is 0 Å². The van der Waals surface area contributed by atoms with Crippen LogP contribution in [0.5, 0.6) is 5.75 Å². The maximum absolute atomic E-state index is 12.5. The van der Waals surface area contributed by atoms with E-state index >= 15 is 0 Å². The van der Waals surface area contributed by atoms with Crippen LogP contribution >= 0.6 is 0 Å². The van der Waals surface area contributed by atoms with Crippen molar-refractivity contribution in [1.29, 1.82) is 0 Å². The number of phenols is 1. The zero-order valence-corrected chi connectivity index (χ0v) is 15.2. The molecule has 1 atom stereocenters. The van der Waals surface area contributed by atoms with Gasteiger partial charge in [0, 0.05) is 44.1 Å². The third-order valence-corrected chi connectivity index (χ3v) is 4.89. The van der Waals surface area contributed by atoms with E-state index < -0.39 is 0 Å². The highest BCUT2D eigenvalue weighted by atomic mass is 16.3. The van der Waals surface area contributed by atoms with E-state index in [1.807, 2.05) is 26.1 Å². The average Bonchev–Trinajstić information content (AvgIpc) is 2.58. The molecule has 26 heavy (non-hydrogen) atoms. The Labute approximate surface area is 153 Å². The molecule has 6 heteroatoms. The van der Waals surface area contributed by atoms with Gasteiger partial charge >= 0.3 is 0 Å². The number of amides is 1. The Morgan fingerprint density at radius 1 is 1.35 bits per heavy atom. The first-order valence-electron chi connectivity index (χ1n) is 8.91. The number of pyridine rings is 1. The van der Waals surface area contributed by atoms with E-state index in [0.717, 1.165) is 43.7 Å². The van der Waals surface area contributed by atoms with Crippen molar-refractivity contribution in [3.8, 4) is 5.75 Å². The number of nitrogens with one attached hydrogen (secondary N) is 1. The highest BCUT2D eigenvalue weighted by Crippen LogP contribution is 2.17. The van der Waals surface area contributed by atoms with Crippen molar-refractivity contribution in [1.82, 2.24) is 14.8 Å². The number of phenolic OH excluding ortho intramolecular Hbond substituents is 1. The summed E-state index contributed by atoms with van der Waals surface area (Å²) >= 11 is 0. The quantitative estimate of drug-likeness (QED) is 0.877. The first-order valence-corrected chi connectivity index (χ1v) is 8.91. The van der Waals surface area contributed by atoms with Crippen molar-refractivity contribution in [2.75, 3.05) is 13.1 Å². The molecule has 0 saturated carbocycles. The Bertz CT molecular complexity index is 860. The maximum atomic E-state index is 12.5. The predicted octanol–water partition coefficient (Wildman–Crippen LogP) is 1.79. The van der Waals surface area contributed by atoms with Crippen molar-refractivity contribution in [3.05, 3.63) is 63.6 Å². The van der Waals surface area contributed by atoms with Crippen LogP contribution in [0.3, 0.4) is 0 Å². The Hall–Kier alpha value is -2.60. The summed E-state index contributed by atoms with van der Waals surface area (Å²) in [5, 5.41) is 12.6. The fraction of sp³-hybridized carbons (Fsp3) is 0.400. The molecule has 1 aliphatic rings. The minimum atomic E-state index is -0.310. The Balaban J connectivity index is 1.64. The number of carbonyl (C=O) groups is 1. The summed E-state index contributed by atoms with van der Waals surface area (Å²) in [5.41, 5.74) is 1.81. The molecule has 1 fully saturated rings. The lowest BCUT2D eigenvalue weighted by Gasteiger charge is -2.33. The van der Waals surface area contributed by atoms with Crippen molar-refractivity contribution >= 4 is 5.91 Å². The molecule has 0 spiro atoms. The average molecular weight is 355 g/mol. The van der Waals surface area contributed by atoms with Crippen LogP contribution in [0, 0.1) is 6.92 Å². The van der Waals surface area contributed by atoms with E-state index in [-0.39, 0.29) is 28.7 Å². The molecule has 0 aliphatic carbocycles. The third kappa shape index (κ3) is 4.32. The van der Waals surface area contributed by atoms with E-state index in [1.165, 1.54) is 6.07 Å². The lowest BCUT2D eigenvalue weighted by Crippen LogP contribution is -2.48. The number of piperidine rings is 1. The van der Waals surface area contributed by atoms with Crippen LogP contribution in [0.4, 0.5) is 0 Å². The van der Waals surface area contributed by atoms with Gasteiger partial charge in [0.2, 0.25) is 0 Å². The molecule has 1 aliphatic heterocycles. The third-order valence-electron chi connectivity index (χ3n) is 4.89. The van der Waals surface area contributed by atoms with Gasteiger partial charge in [-0.05, 0) is 44.0 Å². The molecule has 1 saturated heterocycles. The summed E-state index contributed by atoms with van der Waals surface area (Å²) in [6.45, 7) is 4.25. The highest BCUT2D eigenvalue weighted by molar-refractivity contribution is 5.94. The topological polar surface area (TPSA) is 74.6 Å². The number of carbonyl (C=O) groups excluding carboxylic acids is 1. The summed E-state index contributed by atoms with van der Waals surface area (Å²) in [7, 11) is 1.82. The van der Waals surface area contributed by atoms with Gasteiger partial charge in [-0.15, -0.1) is 0 Å². The van der Waals surface area contributed by atoms with Gasteiger partial charge in [0.1, 0.15) is 11.3 Å². The second-order valence-corrected chi connectivity index (χ2v) is 7.02. The summed E-state index contributed by atoms with van der Waals surface area (Å²) in [6, 6.07) is 8.74. The number of aryl methyl sites for hydroxylation is 2. The molecule has 2 N–H and O–H groups in total.